The smallest absolute Gasteiger partial charge is 0.411 e. The van der Waals surface area contributed by atoms with Crippen LogP contribution in [-0.2, 0) is 4.74 Å². The van der Waals surface area contributed by atoms with Gasteiger partial charge in [-0.25, -0.2) is 4.79 Å². The van der Waals surface area contributed by atoms with E-state index in [2.05, 4.69) is 15.3 Å². The van der Waals surface area contributed by atoms with Crippen molar-refractivity contribution in [2.24, 2.45) is 5.11 Å². The molecule has 1 aromatic carbocycles. The Bertz CT molecular complexity index is 382. The van der Waals surface area contributed by atoms with Crippen molar-refractivity contribution in [3.8, 4) is 0 Å². The molecule has 0 aliphatic heterocycles. The summed E-state index contributed by atoms with van der Waals surface area (Å²) in [5, 5.41) is 5.92. The zero-order valence-electron chi connectivity index (χ0n) is 8.17. The summed E-state index contributed by atoms with van der Waals surface area (Å²) in [6, 6.07) is 6.45. The third kappa shape index (κ3) is 3.58. The van der Waals surface area contributed by atoms with Crippen molar-refractivity contribution in [2.75, 3.05) is 11.9 Å². The average Bonchev–Trinajstić information content (AvgIpc) is 2.22. The van der Waals surface area contributed by atoms with E-state index >= 15 is 0 Å². The SMILES string of the molecule is CCOC(=O)Nc1ccc(N=[N+]=[N-])cc1. The molecule has 78 valence electrons. The minimum Gasteiger partial charge on any atom is -0.450 e. The van der Waals surface area contributed by atoms with Gasteiger partial charge in [0.25, 0.3) is 0 Å². The molecule has 1 amide bonds. The van der Waals surface area contributed by atoms with Crippen LogP contribution in [0.1, 0.15) is 6.92 Å². The minimum atomic E-state index is -0.506. The molecule has 1 rings (SSSR count). The molecule has 0 aliphatic carbocycles. The Hall–Kier alpha value is -2.20. The second-order valence-corrected chi connectivity index (χ2v) is 2.58. The predicted molar refractivity (Wildman–Crippen MR) is 55.9 cm³/mol. The predicted octanol–water partition coefficient (Wildman–Crippen LogP) is 3.20. The lowest BCUT2D eigenvalue weighted by Gasteiger charge is -2.04. The molecule has 0 unspecified atom stereocenters. The number of anilines is 1. The molecule has 0 radical (unpaired) electrons. The number of azide groups is 1. The second-order valence-electron chi connectivity index (χ2n) is 2.58. The summed E-state index contributed by atoms with van der Waals surface area (Å²) in [6.07, 6.45) is -0.506. The third-order valence-corrected chi connectivity index (χ3v) is 1.55. The Kier molecular flexibility index (Phi) is 4.00. The molecular weight excluding hydrogens is 196 g/mol. The summed E-state index contributed by atoms with van der Waals surface area (Å²) in [4.78, 5) is 13.6. The maximum atomic E-state index is 11.0. The van der Waals surface area contributed by atoms with Gasteiger partial charge >= 0.3 is 6.09 Å². The van der Waals surface area contributed by atoms with Gasteiger partial charge in [-0.05, 0) is 24.6 Å². The summed E-state index contributed by atoms with van der Waals surface area (Å²) in [6.45, 7) is 2.05. The molecule has 0 fully saturated rings. The van der Waals surface area contributed by atoms with E-state index in [-0.39, 0.29) is 0 Å². The molecule has 0 saturated heterocycles. The van der Waals surface area contributed by atoms with E-state index in [0.717, 1.165) is 0 Å². The van der Waals surface area contributed by atoms with Gasteiger partial charge in [-0.2, -0.15) is 0 Å². The zero-order valence-corrected chi connectivity index (χ0v) is 8.17. The molecule has 0 atom stereocenters. The highest BCUT2D eigenvalue weighted by molar-refractivity contribution is 5.84. The number of ether oxygens (including phenoxy) is 1. The van der Waals surface area contributed by atoms with E-state index in [4.69, 9.17) is 10.3 Å². The molecule has 6 nitrogen and oxygen atoms in total. The molecule has 0 spiro atoms. The molecule has 1 aromatic rings. The van der Waals surface area contributed by atoms with Crippen LogP contribution in [0.25, 0.3) is 10.4 Å². The van der Waals surface area contributed by atoms with Crippen LogP contribution in [0.2, 0.25) is 0 Å². The Morgan fingerprint density at radius 2 is 2.20 bits per heavy atom. The average molecular weight is 206 g/mol. The summed E-state index contributed by atoms with van der Waals surface area (Å²) >= 11 is 0. The second kappa shape index (κ2) is 5.51. The standard InChI is InChI=1S/C9H10N4O2/c1-2-15-9(14)11-7-3-5-8(6-4-7)12-13-10/h3-6H,2H2,1H3,(H,11,14). The van der Waals surface area contributed by atoms with Crippen LogP contribution in [0.5, 0.6) is 0 Å². The summed E-state index contributed by atoms with van der Waals surface area (Å²) < 4.78 is 4.69. The number of hydrogen-bond acceptors (Lipinski definition) is 3. The molecule has 1 N–H and O–H groups in total. The van der Waals surface area contributed by atoms with Crippen molar-refractivity contribution in [1.82, 2.24) is 0 Å². The first kappa shape index (κ1) is 10.9. The fraction of sp³-hybridized carbons (Fsp3) is 0.222. The van der Waals surface area contributed by atoms with Crippen LogP contribution in [-0.4, -0.2) is 12.7 Å². The van der Waals surface area contributed by atoms with Crippen LogP contribution in [0.3, 0.4) is 0 Å². The number of nitrogens with zero attached hydrogens (tertiary/aromatic N) is 3. The van der Waals surface area contributed by atoms with Crippen molar-refractivity contribution < 1.29 is 9.53 Å². The summed E-state index contributed by atoms with van der Waals surface area (Å²) in [5.41, 5.74) is 9.25. The van der Waals surface area contributed by atoms with Gasteiger partial charge in [0.1, 0.15) is 0 Å². The molecule has 6 heteroatoms. The Balaban J connectivity index is 2.64. The molecule has 0 bridgehead atoms. The number of hydrogen-bond donors (Lipinski definition) is 1. The molecular formula is C9H10N4O2. The number of carbonyl (C=O) groups excluding carboxylic acids is 1. The maximum absolute atomic E-state index is 11.0. The van der Waals surface area contributed by atoms with Gasteiger partial charge < -0.3 is 4.74 Å². The summed E-state index contributed by atoms with van der Waals surface area (Å²) in [7, 11) is 0. The highest BCUT2D eigenvalue weighted by atomic mass is 16.5. The van der Waals surface area contributed by atoms with Gasteiger partial charge in [-0.3, -0.25) is 5.32 Å². The third-order valence-electron chi connectivity index (χ3n) is 1.55. The fourth-order valence-electron chi connectivity index (χ4n) is 0.948. The normalized spacial score (nSPS) is 8.87. The van der Waals surface area contributed by atoms with Crippen molar-refractivity contribution in [3.63, 3.8) is 0 Å². The largest absolute Gasteiger partial charge is 0.450 e. The Labute approximate surface area is 86.5 Å². The van der Waals surface area contributed by atoms with Gasteiger partial charge in [0.15, 0.2) is 0 Å². The molecule has 15 heavy (non-hydrogen) atoms. The van der Waals surface area contributed by atoms with Gasteiger partial charge in [0.2, 0.25) is 0 Å². The lowest BCUT2D eigenvalue weighted by Crippen LogP contribution is -2.12. The highest BCUT2D eigenvalue weighted by Crippen LogP contribution is 2.16. The monoisotopic (exact) mass is 206 g/mol. The molecule has 0 aromatic heterocycles. The molecule has 0 heterocycles. The van der Waals surface area contributed by atoms with E-state index in [0.29, 0.717) is 18.0 Å². The number of carbonyl (C=O) groups is 1. The van der Waals surface area contributed by atoms with Crippen LogP contribution in [0.15, 0.2) is 29.4 Å². The van der Waals surface area contributed by atoms with Crippen LogP contribution >= 0.6 is 0 Å². The zero-order chi connectivity index (χ0) is 11.1. The first-order valence-electron chi connectivity index (χ1n) is 4.35. The van der Waals surface area contributed by atoms with E-state index in [1.54, 1.807) is 31.2 Å². The van der Waals surface area contributed by atoms with Gasteiger partial charge in [0.05, 0.1) is 6.61 Å². The van der Waals surface area contributed by atoms with Crippen molar-refractivity contribution in [1.29, 1.82) is 0 Å². The van der Waals surface area contributed by atoms with Gasteiger partial charge in [-0.1, -0.05) is 17.2 Å². The molecule has 0 aliphatic rings. The first-order chi connectivity index (χ1) is 7.26. The fourth-order valence-corrected chi connectivity index (χ4v) is 0.948. The quantitative estimate of drug-likeness (QED) is 0.467. The van der Waals surface area contributed by atoms with Gasteiger partial charge in [-0.15, -0.1) is 0 Å². The van der Waals surface area contributed by atoms with Crippen LogP contribution in [0, 0.1) is 0 Å². The number of benzene rings is 1. The van der Waals surface area contributed by atoms with Crippen LogP contribution in [0.4, 0.5) is 16.2 Å². The maximum Gasteiger partial charge on any atom is 0.411 e. The number of nitrogens with one attached hydrogen (secondary N) is 1. The number of rotatable bonds is 3. The highest BCUT2D eigenvalue weighted by Gasteiger charge is 2.00. The lowest BCUT2D eigenvalue weighted by atomic mass is 10.3. The molecule has 0 saturated carbocycles. The minimum absolute atomic E-state index is 0.322. The van der Waals surface area contributed by atoms with Crippen molar-refractivity contribution in [3.05, 3.63) is 34.7 Å². The Morgan fingerprint density at radius 1 is 1.53 bits per heavy atom. The topological polar surface area (TPSA) is 87.1 Å². The van der Waals surface area contributed by atoms with E-state index in [9.17, 15) is 4.79 Å². The van der Waals surface area contributed by atoms with E-state index in [1.165, 1.54) is 0 Å². The van der Waals surface area contributed by atoms with Gasteiger partial charge in [0, 0.05) is 16.3 Å². The van der Waals surface area contributed by atoms with Crippen molar-refractivity contribution >= 4 is 17.5 Å². The number of amides is 1. The van der Waals surface area contributed by atoms with E-state index < -0.39 is 6.09 Å². The van der Waals surface area contributed by atoms with Crippen molar-refractivity contribution in [2.45, 2.75) is 6.92 Å². The Morgan fingerprint density at radius 3 is 2.73 bits per heavy atom. The van der Waals surface area contributed by atoms with Crippen LogP contribution < -0.4 is 5.32 Å². The van der Waals surface area contributed by atoms with E-state index in [1.807, 2.05) is 0 Å². The summed E-state index contributed by atoms with van der Waals surface area (Å²) in [5.74, 6) is 0. The lowest BCUT2D eigenvalue weighted by molar-refractivity contribution is 0.168. The first-order valence-corrected chi connectivity index (χ1v) is 4.35.